The second kappa shape index (κ2) is 18.6. The van der Waals surface area contributed by atoms with Gasteiger partial charge in [-0.15, -0.1) is 17.9 Å². The van der Waals surface area contributed by atoms with E-state index in [9.17, 15) is 27.6 Å². The number of ether oxygens (including phenoxy) is 2. The van der Waals surface area contributed by atoms with Crippen LogP contribution in [-0.4, -0.2) is 84.6 Å². The summed E-state index contributed by atoms with van der Waals surface area (Å²) in [7, 11) is -2.93. The van der Waals surface area contributed by atoms with Gasteiger partial charge in [0.15, 0.2) is 5.13 Å². The molecule has 1 aliphatic heterocycles. The number of hydrogen-bond acceptors (Lipinski definition) is 13. The van der Waals surface area contributed by atoms with Crippen molar-refractivity contribution in [3.05, 3.63) is 66.6 Å². The van der Waals surface area contributed by atoms with Gasteiger partial charge in [-0.3, -0.25) is 19.2 Å². The molecule has 2 aromatic carbocycles. The summed E-state index contributed by atoms with van der Waals surface area (Å²) in [6.45, 7) is 8.17. The number of carbonyl (C=O) groups excluding carboxylic acids is 3. The number of aliphatic carboxylic acids is 1. The van der Waals surface area contributed by atoms with Crippen LogP contribution in [0.15, 0.2) is 71.5 Å². The van der Waals surface area contributed by atoms with Crippen LogP contribution in [0.25, 0.3) is 22.3 Å². The third kappa shape index (κ3) is 10.5. The molecular weight excluding hydrogens is 799 g/mol. The summed E-state index contributed by atoms with van der Waals surface area (Å²) >= 11 is 1.47. The first kappa shape index (κ1) is 43.0. The van der Waals surface area contributed by atoms with Crippen LogP contribution in [-0.2, 0) is 29.2 Å². The average Bonchev–Trinajstić information content (AvgIpc) is 3.45. The van der Waals surface area contributed by atoms with Crippen LogP contribution in [0.3, 0.4) is 0 Å². The molecule has 1 saturated carbocycles. The number of benzene rings is 2. The molecule has 18 heteroatoms. The van der Waals surface area contributed by atoms with E-state index in [-0.39, 0.29) is 42.3 Å². The molecule has 6 N–H and O–H groups in total. The molecule has 2 fully saturated rings. The van der Waals surface area contributed by atoms with E-state index < -0.39 is 57.3 Å². The van der Waals surface area contributed by atoms with Crippen LogP contribution in [0.5, 0.6) is 11.5 Å². The molecule has 3 amide bonds. The first-order chi connectivity index (χ1) is 28.2. The minimum atomic E-state index is -4.51. The SMILES string of the molecule is C=C[C@@H]1C[C@]1(NC(=O)[C@@H]1C[C@@H](Oc2cc(-c3csc(NC(C)C)n3)nc3cc(OC)ccc23)CN1)C(=O)NS(=O)(=O)c1ccccc1NC(=O)CCCCCCC(=O)O. The Kier molecular flexibility index (Phi) is 13.5. The third-order valence-corrected chi connectivity index (χ3v) is 12.3. The summed E-state index contributed by atoms with van der Waals surface area (Å²) in [5.74, 6) is -2.08. The van der Waals surface area contributed by atoms with E-state index in [0.29, 0.717) is 60.6 Å². The Hall–Kier alpha value is -5.59. The molecule has 0 unspecified atom stereocenters. The number of sulfonamides is 1. The van der Waals surface area contributed by atoms with Crippen LogP contribution in [0.4, 0.5) is 10.8 Å². The number of hydrogen-bond donors (Lipinski definition) is 6. The lowest BCUT2D eigenvalue weighted by Crippen LogP contribution is -2.55. The number of carbonyl (C=O) groups is 4. The van der Waals surface area contributed by atoms with Gasteiger partial charge in [0.05, 0.1) is 30.0 Å². The van der Waals surface area contributed by atoms with Gasteiger partial charge in [-0.1, -0.05) is 31.1 Å². The molecule has 16 nitrogen and oxygen atoms in total. The Morgan fingerprint density at radius 1 is 1.05 bits per heavy atom. The van der Waals surface area contributed by atoms with Gasteiger partial charge in [0.2, 0.25) is 11.8 Å². The number of rotatable bonds is 20. The fourth-order valence-corrected chi connectivity index (χ4v) is 9.00. The molecule has 0 bridgehead atoms. The van der Waals surface area contributed by atoms with Gasteiger partial charge in [0.25, 0.3) is 15.9 Å². The van der Waals surface area contributed by atoms with Gasteiger partial charge in [0, 0.05) is 60.7 Å². The summed E-state index contributed by atoms with van der Waals surface area (Å²) in [4.78, 5) is 60.2. The lowest BCUT2D eigenvalue weighted by atomic mass is 10.1. The number of fused-ring (bicyclic) bond motifs is 1. The monoisotopic (exact) mass is 847 g/mol. The van der Waals surface area contributed by atoms with Crippen LogP contribution < -0.4 is 35.5 Å². The summed E-state index contributed by atoms with van der Waals surface area (Å²) in [6.07, 6.45) is 3.91. The highest BCUT2D eigenvalue weighted by molar-refractivity contribution is 7.90. The van der Waals surface area contributed by atoms with Crippen molar-refractivity contribution in [1.82, 2.24) is 25.3 Å². The largest absolute Gasteiger partial charge is 0.497 e. The predicted molar refractivity (Wildman–Crippen MR) is 224 cm³/mol. The molecule has 2 aromatic heterocycles. The van der Waals surface area contributed by atoms with Crippen LogP contribution in [0.2, 0.25) is 0 Å². The van der Waals surface area contributed by atoms with Crippen molar-refractivity contribution in [2.75, 3.05) is 24.3 Å². The molecule has 0 spiro atoms. The predicted octanol–water partition coefficient (Wildman–Crippen LogP) is 5.23. The number of carboxylic acids is 1. The summed E-state index contributed by atoms with van der Waals surface area (Å²) in [5, 5.41) is 24.1. The van der Waals surface area contributed by atoms with E-state index in [2.05, 4.69) is 32.6 Å². The molecule has 4 atom stereocenters. The van der Waals surface area contributed by atoms with Crippen molar-refractivity contribution in [1.29, 1.82) is 0 Å². The molecule has 2 aliphatic rings. The molecular formula is C41H49N7O9S2. The van der Waals surface area contributed by atoms with E-state index in [4.69, 9.17) is 24.5 Å². The molecule has 6 rings (SSSR count). The maximum atomic E-state index is 13.8. The van der Waals surface area contributed by atoms with Crippen molar-refractivity contribution in [2.45, 2.75) is 93.8 Å². The number of pyridine rings is 1. The van der Waals surface area contributed by atoms with Gasteiger partial charge >= 0.3 is 5.97 Å². The van der Waals surface area contributed by atoms with Gasteiger partial charge < -0.3 is 35.8 Å². The van der Waals surface area contributed by atoms with E-state index in [1.165, 1.54) is 35.6 Å². The number of anilines is 2. The van der Waals surface area contributed by atoms with E-state index in [1.807, 2.05) is 43.5 Å². The highest BCUT2D eigenvalue weighted by Gasteiger charge is 2.61. The van der Waals surface area contributed by atoms with Gasteiger partial charge in [-0.2, -0.15) is 0 Å². The first-order valence-electron chi connectivity index (χ1n) is 19.4. The molecule has 59 heavy (non-hydrogen) atoms. The lowest BCUT2D eigenvalue weighted by Gasteiger charge is -2.21. The van der Waals surface area contributed by atoms with E-state index >= 15 is 0 Å². The number of methoxy groups -OCH3 is 1. The van der Waals surface area contributed by atoms with Gasteiger partial charge in [0.1, 0.15) is 33.7 Å². The Bertz CT molecular complexity index is 2330. The molecule has 1 saturated heterocycles. The Morgan fingerprint density at radius 3 is 2.53 bits per heavy atom. The van der Waals surface area contributed by atoms with Crippen molar-refractivity contribution in [3.8, 4) is 22.9 Å². The maximum absolute atomic E-state index is 13.8. The molecule has 3 heterocycles. The highest BCUT2D eigenvalue weighted by Crippen LogP contribution is 2.45. The Labute approximate surface area is 346 Å². The topological polar surface area (TPSA) is 227 Å². The summed E-state index contributed by atoms with van der Waals surface area (Å²) in [5.41, 5.74) is 0.354. The van der Waals surface area contributed by atoms with Crippen molar-refractivity contribution >= 4 is 66.8 Å². The second-order valence-corrected chi connectivity index (χ2v) is 17.5. The number of carboxylic acid groups (broad SMARTS) is 1. The number of unbranched alkanes of at least 4 members (excludes halogenated alkanes) is 3. The van der Waals surface area contributed by atoms with Crippen LogP contribution in [0, 0.1) is 5.92 Å². The highest BCUT2D eigenvalue weighted by atomic mass is 32.2. The maximum Gasteiger partial charge on any atom is 0.303 e. The summed E-state index contributed by atoms with van der Waals surface area (Å²) in [6, 6.07) is 12.5. The number of nitrogens with zero attached hydrogens (tertiary/aromatic N) is 2. The molecule has 314 valence electrons. The number of amides is 3. The zero-order valence-electron chi connectivity index (χ0n) is 33.1. The van der Waals surface area contributed by atoms with Crippen molar-refractivity contribution in [2.24, 2.45) is 5.92 Å². The first-order valence-corrected chi connectivity index (χ1v) is 21.8. The zero-order chi connectivity index (χ0) is 42.3. The Balaban J connectivity index is 1.10. The minimum absolute atomic E-state index is 0.00766. The quantitative estimate of drug-likeness (QED) is 0.0496. The van der Waals surface area contributed by atoms with Crippen molar-refractivity contribution < 1.29 is 42.2 Å². The minimum Gasteiger partial charge on any atom is -0.497 e. The lowest BCUT2D eigenvalue weighted by molar-refractivity contribution is -0.137. The third-order valence-electron chi connectivity index (χ3n) is 10.1. The van der Waals surface area contributed by atoms with Gasteiger partial charge in [-0.25, -0.2) is 23.1 Å². The fraction of sp³-hybridized carbons (Fsp3) is 0.415. The van der Waals surface area contributed by atoms with Crippen LogP contribution >= 0.6 is 11.3 Å². The van der Waals surface area contributed by atoms with Gasteiger partial charge in [-0.05, 0) is 57.4 Å². The average molecular weight is 848 g/mol. The van der Waals surface area contributed by atoms with Crippen molar-refractivity contribution in [3.63, 3.8) is 0 Å². The van der Waals surface area contributed by atoms with Crippen LogP contribution in [0.1, 0.15) is 65.2 Å². The number of aromatic nitrogens is 2. The Morgan fingerprint density at radius 2 is 1.81 bits per heavy atom. The number of nitrogens with one attached hydrogen (secondary N) is 5. The van der Waals surface area contributed by atoms with E-state index in [0.717, 1.165) is 10.5 Å². The second-order valence-electron chi connectivity index (χ2n) is 15.0. The normalized spacial score (nSPS) is 19.8. The number of thiazole rings is 1. The van der Waals surface area contributed by atoms with E-state index in [1.54, 1.807) is 13.2 Å². The number of para-hydroxylation sites is 1. The summed E-state index contributed by atoms with van der Waals surface area (Å²) < 4.78 is 41.4. The molecule has 4 aromatic rings. The standard InChI is InChI=1S/C41H49N7O9S2/c1-5-25-21-41(25,39(53)48-59(54,55)35-13-11-10-12-29(35)45-36(49)14-8-6-7-9-15-37(50)51)47-38(52)32-19-27(22-42-32)57-34-20-31(33-23-58-40(46-33)43-24(2)3)44-30-18-26(56-4)16-17-28(30)34/h5,10-13,16-18,20,23-25,27,32,42H,1,6-9,14-15,19,21-22H2,2-4H3,(H,43,46)(H,45,49)(H,47,52)(H,48,53)(H,50,51)/t25-,27-,32+,41-/m1/s1. The fourth-order valence-electron chi connectivity index (χ4n) is 6.95. The smallest absolute Gasteiger partial charge is 0.303 e. The zero-order valence-corrected chi connectivity index (χ0v) is 34.7. The molecule has 0 radical (unpaired) electrons. The molecule has 1 aliphatic carbocycles.